The fourth-order valence-corrected chi connectivity index (χ4v) is 2.69. The molecule has 2 unspecified atom stereocenters. The number of rotatable bonds is 5. The third-order valence-corrected chi connectivity index (χ3v) is 3.87. The highest BCUT2D eigenvalue weighted by atomic mass is 16.5. The number of likely N-dealkylation sites (N-methyl/N-ethyl adjacent to an activating group) is 1. The molecule has 1 saturated carbocycles. The largest absolute Gasteiger partial charge is 0.389 e. The van der Waals surface area contributed by atoms with Crippen molar-refractivity contribution in [1.29, 1.82) is 0 Å². The lowest BCUT2D eigenvalue weighted by atomic mass is 10.2. The second-order valence-corrected chi connectivity index (χ2v) is 5.08. The summed E-state index contributed by atoms with van der Waals surface area (Å²) in [6, 6.07) is 0.920. The summed E-state index contributed by atoms with van der Waals surface area (Å²) in [6.07, 6.45) is 5.16. The summed E-state index contributed by atoms with van der Waals surface area (Å²) in [5.74, 6) is 0. The third-order valence-electron chi connectivity index (χ3n) is 3.87. The molecule has 94 valence electrons. The zero-order chi connectivity index (χ0) is 11.4. The van der Waals surface area contributed by atoms with Crippen LogP contribution in [0, 0.1) is 0 Å². The van der Waals surface area contributed by atoms with Gasteiger partial charge in [0.2, 0.25) is 0 Å². The van der Waals surface area contributed by atoms with Gasteiger partial charge in [0.05, 0.1) is 25.4 Å². The Labute approximate surface area is 98.0 Å². The SMILES string of the molecule is CN(CCNC1COCC1O)C1CCCC1. The number of nitrogens with one attached hydrogen (secondary N) is 1. The first-order chi connectivity index (χ1) is 7.77. The van der Waals surface area contributed by atoms with Gasteiger partial charge in [0, 0.05) is 19.1 Å². The minimum Gasteiger partial charge on any atom is -0.389 e. The number of hydrogen-bond acceptors (Lipinski definition) is 4. The molecule has 0 radical (unpaired) electrons. The minimum absolute atomic E-state index is 0.136. The molecule has 0 spiro atoms. The molecule has 0 amide bonds. The highest BCUT2D eigenvalue weighted by Crippen LogP contribution is 2.21. The van der Waals surface area contributed by atoms with E-state index in [9.17, 15) is 5.11 Å². The second-order valence-electron chi connectivity index (χ2n) is 5.08. The quantitative estimate of drug-likeness (QED) is 0.706. The predicted molar refractivity (Wildman–Crippen MR) is 63.5 cm³/mol. The molecule has 1 heterocycles. The van der Waals surface area contributed by atoms with E-state index < -0.39 is 0 Å². The van der Waals surface area contributed by atoms with E-state index in [1.165, 1.54) is 25.7 Å². The van der Waals surface area contributed by atoms with Gasteiger partial charge in [-0.25, -0.2) is 0 Å². The van der Waals surface area contributed by atoms with E-state index in [4.69, 9.17) is 4.74 Å². The van der Waals surface area contributed by atoms with Crippen LogP contribution in [0.5, 0.6) is 0 Å². The summed E-state index contributed by atoms with van der Waals surface area (Å²) in [4.78, 5) is 2.45. The molecule has 2 rings (SSSR count). The van der Waals surface area contributed by atoms with Crippen LogP contribution in [0.3, 0.4) is 0 Å². The van der Waals surface area contributed by atoms with Gasteiger partial charge in [-0.3, -0.25) is 0 Å². The van der Waals surface area contributed by atoms with E-state index in [0.29, 0.717) is 13.2 Å². The number of ether oxygens (including phenoxy) is 1. The number of nitrogens with zero attached hydrogens (tertiary/aromatic N) is 1. The molecule has 4 heteroatoms. The summed E-state index contributed by atoms with van der Waals surface area (Å²) < 4.78 is 5.20. The molecule has 1 saturated heterocycles. The molecular weight excluding hydrogens is 204 g/mol. The molecular formula is C12H24N2O2. The Kier molecular flexibility index (Phi) is 4.58. The van der Waals surface area contributed by atoms with Crippen molar-refractivity contribution in [3.63, 3.8) is 0 Å². The van der Waals surface area contributed by atoms with Crippen LogP contribution in [0.25, 0.3) is 0 Å². The molecule has 16 heavy (non-hydrogen) atoms. The molecule has 2 atom stereocenters. The molecule has 0 aromatic rings. The molecule has 2 N–H and O–H groups in total. The average Bonchev–Trinajstić information content (AvgIpc) is 2.90. The molecule has 2 aliphatic rings. The summed E-state index contributed by atoms with van der Waals surface area (Å²) in [5.41, 5.74) is 0. The zero-order valence-corrected chi connectivity index (χ0v) is 10.2. The summed E-state index contributed by atoms with van der Waals surface area (Å²) in [6.45, 7) is 3.14. The maximum atomic E-state index is 9.56. The van der Waals surface area contributed by atoms with Gasteiger partial charge < -0.3 is 20.1 Å². The molecule has 1 aliphatic carbocycles. The number of aliphatic hydroxyl groups is 1. The maximum Gasteiger partial charge on any atom is 0.0948 e. The van der Waals surface area contributed by atoms with E-state index in [2.05, 4.69) is 17.3 Å². The van der Waals surface area contributed by atoms with E-state index >= 15 is 0 Å². The van der Waals surface area contributed by atoms with Gasteiger partial charge in [0.1, 0.15) is 0 Å². The molecule has 0 bridgehead atoms. The monoisotopic (exact) mass is 228 g/mol. The Balaban J connectivity index is 1.59. The normalized spacial score (nSPS) is 31.7. The summed E-state index contributed by atoms with van der Waals surface area (Å²) >= 11 is 0. The van der Waals surface area contributed by atoms with Crippen molar-refractivity contribution in [2.45, 2.75) is 43.9 Å². The Hall–Kier alpha value is -0.160. The van der Waals surface area contributed by atoms with E-state index in [1.54, 1.807) is 0 Å². The van der Waals surface area contributed by atoms with Crippen LogP contribution >= 0.6 is 0 Å². The Morgan fingerprint density at radius 3 is 2.69 bits per heavy atom. The van der Waals surface area contributed by atoms with Gasteiger partial charge in [-0.05, 0) is 19.9 Å². The first-order valence-corrected chi connectivity index (χ1v) is 6.47. The lowest BCUT2D eigenvalue weighted by Gasteiger charge is -2.25. The van der Waals surface area contributed by atoms with Crippen LogP contribution < -0.4 is 5.32 Å². The lowest BCUT2D eigenvalue weighted by Crippen LogP contribution is -2.43. The molecule has 0 aromatic heterocycles. The van der Waals surface area contributed by atoms with E-state index in [-0.39, 0.29) is 12.1 Å². The topological polar surface area (TPSA) is 44.7 Å². The van der Waals surface area contributed by atoms with Crippen molar-refractivity contribution in [1.82, 2.24) is 10.2 Å². The van der Waals surface area contributed by atoms with Crippen LogP contribution in [0.4, 0.5) is 0 Å². The smallest absolute Gasteiger partial charge is 0.0948 e. The van der Waals surface area contributed by atoms with E-state index in [0.717, 1.165) is 19.1 Å². The number of hydrogen-bond donors (Lipinski definition) is 2. The first-order valence-electron chi connectivity index (χ1n) is 6.47. The van der Waals surface area contributed by atoms with Crippen LogP contribution in [0.2, 0.25) is 0 Å². The van der Waals surface area contributed by atoms with Crippen LogP contribution in [-0.4, -0.2) is 61.5 Å². The van der Waals surface area contributed by atoms with Crippen molar-refractivity contribution in [3.8, 4) is 0 Å². The third kappa shape index (κ3) is 3.17. The molecule has 0 aromatic carbocycles. The van der Waals surface area contributed by atoms with Crippen molar-refractivity contribution >= 4 is 0 Å². The van der Waals surface area contributed by atoms with Gasteiger partial charge in [-0.1, -0.05) is 12.8 Å². The second kappa shape index (κ2) is 5.96. The fraction of sp³-hybridized carbons (Fsp3) is 1.00. The minimum atomic E-state index is -0.322. The van der Waals surface area contributed by atoms with E-state index in [1.807, 2.05) is 0 Å². The predicted octanol–water partition coefficient (Wildman–Crippen LogP) is 0.210. The van der Waals surface area contributed by atoms with Gasteiger partial charge in [-0.15, -0.1) is 0 Å². The highest BCUT2D eigenvalue weighted by Gasteiger charge is 2.25. The molecule has 1 aliphatic heterocycles. The Morgan fingerprint density at radius 2 is 2.06 bits per heavy atom. The number of aliphatic hydroxyl groups excluding tert-OH is 1. The van der Waals surface area contributed by atoms with Crippen molar-refractivity contribution in [2.75, 3.05) is 33.4 Å². The fourth-order valence-electron chi connectivity index (χ4n) is 2.69. The molecule has 2 fully saturated rings. The Morgan fingerprint density at radius 1 is 1.31 bits per heavy atom. The standard InChI is InChI=1S/C12H24N2O2/c1-14(10-4-2-3-5-10)7-6-13-11-8-16-9-12(11)15/h10-13,15H,2-9H2,1H3. The van der Waals surface area contributed by atoms with Crippen LogP contribution in [0.1, 0.15) is 25.7 Å². The van der Waals surface area contributed by atoms with Crippen LogP contribution in [-0.2, 0) is 4.74 Å². The lowest BCUT2D eigenvalue weighted by molar-refractivity contribution is 0.122. The van der Waals surface area contributed by atoms with Crippen molar-refractivity contribution in [2.24, 2.45) is 0 Å². The van der Waals surface area contributed by atoms with Gasteiger partial charge in [-0.2, -0.15) is 0 Å². The summed E-state index contributed by atoms with van der Waals surface area (Å²) in [7, 11) is 2.21. The highest BCUT2D eigenvalue weighted by molar-refractivity contribution is 4.81. The molecule has 4 nitrogen and oxygen atoms in total. The Bertz CT molecular complexity index is 207. The first kappa shape index (κ1) is 12.3. The maximum absolute atomic E-state index is 9.56. The van der Waals surface area contributed by atoms with Gasteiger partial charge >= 0.3 is 0 Å². The van der Waals surface area contributed by atoms with Crippen LogP contribution in [0.15, 0.2) is 0 Å². The van der Waals surface area contributed by atoms with Crippen molar-refractivity contribution < 1.29 is 9.84 Å². The zero-order valence-electron chi connectivity index (χ0n) is 10.2. The summed E-state index contributed by atoms with van der Waals surface area (Å²) in [5, 5.41) is 12.9. The van der Waals surface area contributed by atoms with Gasteiger partial charge in [0.15, 0.2) is 0 Å². The van der Waals surface area contributed by atoms with Gasteiger partial charge in [0.25, 0.3) is 0 Å². The van der Waals surface area contributed by atoms with Crippen molar-refractivity contribution in [3.05, 3.63) is 0 Å². The average molecular weight is 228 g/mol.